The van der Waals surface area contributed by atoms with E-state index in [9.17, 15) is 4.79 Å². The highest BCUT2D eigenvalue weighted by Gasteiger charge is 2.10. The number of hydrogen-bond acceptors (Lipinski definition) is 2. The number of anilines is 1. The molecule has 1 N–H and O–H groups in total. The summed E-state index contributed by atoms with van der Waals surface area (Å²) < 4.78 is 0. The number of halogens is 2. The molecule has 2 aromatic rings. The summed E-state index contributed by atoms with van der Waals surface area (Å²) in [6, 6.07) is 6.91. The first-order valence-corrected chi connectivity index (χ1v) is 6.42. The van der Waals surface area contributed by atoms with Crippen LogP contribution < -0.4 is 5.32 Å². The normalized spacial score (nSPS) is 10.3. The molecule has 1 aromatic carbocycles. The van der Waals surface area contributed by atoms with E-state index < -0.39 is 0 Å². The van der Waals surface area contributed by atoms with E-state index in [1.165, 1.54) is 0 Å². The smallest absolute Gasteiger partial charge is 0.255 e. The highest BCUT2D eigenvalue weighted by molar-refractivity contribution is 6.33. The van der Waals surface area contributed by atoms with Gasteiger partial charge in [-0.3, -0.25) is 4.79 Å². The molecule has 2 rings (SSSR count). The monoisotopic (exact) mass is 294 g/mol. The second-order valence-corrected chi connectivity index (χ2v) is 5.03. The van der Waals surface area contributed by atoms with Crippen molar-refractivity contribution < 1.29 is 4.79 Å². The lowest BCUT2D eigenvalue weighted by atomic mass is 10.1. The average Bonchev–Trinajstić information content (AvgIpc) is 2.37. The first-order valence-electron chi connectivity index (χ1n) is 5.67. The lowest BCUT2D eigenvalue weighted by molar-refractivity contribution is 0.102. The SMILES string of the molecule is Cc1cnc(Cl)c(NC(=O)c2ccc(C)c(Cl)c2)c1. The summed E-state index contributed by atoms with van der Waals surface area (Å²) in [5.41, 5.74) is 2.81. The van der Waals surface area contributed by atoms with Crippen LogP contribution in [-0.4, -0.2) is 10.9 Å². The van der Waals surface area contributed by atoms with Gasteiger partial charge in [-0.15, -0.1) is 0 Å². The van der Waals surface area contributed by atoms with Crippen molar-refractivity contribution in [2.24, 2.45) is 0 Å². The van der Waals surface area contributed by atoms with Crippen molar-refractivity contribution in [2.75, 3.05) is 5.32 Å². The van der Waals surface area contributed by atoms with Gasteiger partial charge >= 0.3 is 0 Å². The molecular formula is C14H12Cl2N2O. The Labute approximate surface area is 121 Å². The zero-order valence-electron chi connectivity index (χ0n) is 10.5. The molecule has 1 amide bonds. The predicted molar refractivity (Wildman–Crippen MR) is 78.1 cm³/mol. The van der Waals surface area contributed by atoms with E-state index >= 15 is 0 Å². The molecule has 98 valence electrons. The van der Waals surface area contributed by atoms with Gasteiger partial charge in [0.15, 0.2) is 5.15 Å². The summed E-state index contributed by atoms with van der Waals surface area (Å²) in [6.45, 7) is 3.76. The topological polar surface area (TPSA) is 42.0 Å². The minimum Gasteiger partial charge on any atom is -0.319 e. The fourth-order valence-corrected chi connectivity index (χ4v) is 1.90. The lowest BCUT2D eigenvalue weighted by Gasteiger charge is -2.08. The fraction of sp³-hybridized carbons (Fsp3) is 0.143. The molecule has 3 nitrogen and oxygen atoms in total. The third kappa shape index (κ3) is 3.25. The van der Waals surface area contributed by atoms with Crippen molar-refractivity contribution >= 4 is 34.8 Å². The Morgan fingerprint density at radius 1 is 1.21 bits per heavy atom. The molecule has 0 aliphatic carbocycles. The van der Waals surface area contributed by atoms with E-state index in [1.807, 2.05) is 13.8 Å². The molecule has 0 radical (unpaired) electrons. The van der Waals surface area contributed by atoms with E-state index in [2.05, 4.69) is 10.3 Å². The summed E-state index contributed by atoms with van der Waals surface area (Å²) in [5, 5.41) is 3.54. The molecule has 0 saturated carbocycles. The van der Waals surface area contributed by atoms with Crippen molar-refractivity contribution in [2.45, 2.75) is 13.8 Å². The molecule has 0 aliphatic rings. The van der Waals surface area contributed by atoms with Gasteiger partial charge in [-0.1, -0.05) is 29.3 Å². The number of nitrogens with zero attached hydrogens (tertiary/aromatic N) is 1. The molecule has 19 heavy (non-hydrogen) atoms. The highest BCUT2D eigenvalue weighted by atomic mass is 35.5. The second kappa shape index (κ2) is 5.59. The van der Waals surface area contributed by atoms with Gasteiger partial charge in [-0.2, -0.15) is 0 Å². The summed E-state index contributed by atoms with van der Waals surface area (Å²) >= 11 is 11.9. The molecule has 0 aliphatic heterocycles. The number of nitrogens with one attached hydrogen (secondary N) is 1. The maximum absolute atomic E-state index is 12.1. The van der Waals surface area contributed by atoms with Crippen LogP contribution in [0, 0.1) is 13.8 Å². The Balaban J connectivity index is 2.25. The van der Waals surface area contributed by atoms with Gasteiger partial charge in [0, 0.05) is 16.8 Å². The highest BCUT2D eigenvalue weighted by Crippen LogP contribution is 2.22. The Kier molecular flexibility index (Phi) is 4.08. The third-order valence-corrected chi connectivity index (χ3v) is 3.37. The van der Waals surface area contributed by atoms with Gasteiger partial charge in [0.2, 0.25) is 0 Å². The van der Waals surface area contributed by atoms with Crippen LogP contribution in [0.25, 0.3) is 0 Å². The molecule has 0 atom stereocenters. The summed E-state index contributed by atoms with van der Waals surface area (Å²) in [5.74, 6) is -0.267. The van der Waals surface area contributed by atoms with Gasteiger partial charge in [0.25, 0.3) is 5.91 Å². The van der Waals surface area contributed by atoms with Crippen LogP contribution in [0.4, 0.5) is 5.69 Å². The van der Waals surface area contributed by atoms with Gasteiger partial charge in [-0.05, 0) is 43.2 Å². The van der Waals surface area contributed by atoms with Gasteiger partial charge in [-0.25, -0.2) is 4.98 Å². The number of hydrogen-bond donors (Lipinski definition) is 1. The summed E-state index contributed by atoms with van der Waals surface area (Å²) in [7, 11) is 0. The first-order chi connectivity index (χ1) is 8.97. The Hall–Kier alpha value is -1.58. The Bertz CT molecular complexity index is 641. The molecule has 0 bridgehead atoms. The molecule has 0 unspecified atom stereocenters. The van der Waals surface area contributed by atoms with Crippen LogP contribution in [0.5, 0.6) is 0 Å². The quantitative estimate of drug-likeness (QED) is 0.841. The van der Waals surface area contributed by atoms with Crippen LogP contribution in [-0.2, 0) is 0 Å². The molecule has 5 heteroatoms. The number of carbonyl (C=O) groups is 1. The maximum atomic E-state index is 12.1. The molecule has 0 spiro atoms. The minimum absolute atomic E-state index is 0.261. The number of aryl methyl sites for hydroxylation is 2. The molecule has 1 heterocycles. The van der Waals surface area contributed by atoms with Crippen molar-refractivity contribution in [3.63, 3.8) is 0 Å². The van der Waals surface area contributed by atoms with Gasteiger partial charge in [0.1, 0.15) is 0 Å². The Morgan fingerprint density at radius 3 is 2.63 bits per heavy atom. The third-order valence-electron chi connectivity index (χ3n) is 2.66. The lowest BCUT2D eigenvalue weighted by Crippen LogP contribution is -2.12. The van der Waals surface area contributed by atoms with E-state index in [1.54, 1.807) is 30.5 Å². The van der Waals surface area contributed by atoms with Crippen molar-refractivity contribution in [1.82, 2.24) is 4.98 Å². The Morgan fingerprint density at radius 2 is 1.95 bits per heavy atom. The maximum Gasteiger partial charge on any atom is 0.255 e. The number of pyridine rings is 1. The van der Waals surface area contributed by atoms with Gasteiger partial charge in [0.05, 0.1) is 5.69 Å². The van der Waals surface area contributed by atoms with Crippen molar-refractivity contribution in [3.8, 4) is 0 Å². The van der Waals surface area contributed by atoms with Crippen LogP contribution in [0.1, 0.15) is 21.5 Å². The summed E-state index contributed by atoms with van der Waals surface area (Å²) in [4.78, 5) is 16.1. The number of rotatable bonds is 2. The zero-order valence-corrected chi connectivity index (χ0v) is 12.0. The zero-order chi connectivity index (χ0) is 14.0. The van der Waals surface area contributed by atoms with Crippen LogP contribution in [0.15, 0.2) is 30.5 Å². The molecule has 1 aromatic heterocycles. The van der Waals surface area contributed by atoms with Crippen LogP contribution in [0.3, 0.4) is 0 Å². The summed E-state index contributed by atoms with van der Waals surface area (Å²) in [6.07, 6.45) is 1.64. The standard InChI is InChI=1S/C14H12Cl2N2O/c1-8-5-12(13(16)17-7-8)18-14(19)10-4-3-9(2)11(15)6-10/h3-7H,1-2H3,(H,18,19). The van der Waals surface area contributed by atoms with E-state index in [-0.39, 0.29) is 11.1 Å². The van der Waals surface area contributed by atoms with E-state index in [0.717, 1.165) is 11.1 Å². The van der Waals surface area contributed by atoms with Gasteiger partial charge < -0.3 is 5.32 Å². The van der Waals surface area contributed by atoms with E-state index in [0.29, 0.717) is 16.3 Å². The second-order valence-electron chi connectivity index (χ2n) is 4.27. The molecular weight excluding hydrogens is 283 g/mol. The predicted octanol–water partition coefficient (Wildman–Crippen LogP) is 4.26. The first kappa shape index (κ1) is 13.8. The number of carbonyl (C=O) groups excluding carboxylic acids is 1. The minimum atomic E-state index is -0.267. The number of benzene rings is 1. The van der Waals surface area contributed by atoms with Crippen molar-refractivity contribution in [1.29, 1.82) is 0 Å². The van der Waals surface area contributed by atoms with Crippen LogP contribution in [0.2, 0.25) is 10.2 Å². The van der Waals surface area contributed by atoms with Crippen molar-refractivity contribution in [3.05, 3.63) is 57.3 Å². The van der Waals surface area contributed by atoms with Crippen LogP contribution >= 0.6 is 23.2 Å². The molecule has 0 fully saturated rings. The average molecular weight is 295 g/mol. The molecule has 0 saturated heterocycles. The largest absolute Gasteiger partial charge is 0.319 e. The number of amides is 1. The van der Waals surface area contributed by atoms with E-state index in [4.69, 9.17) is 23.2 Å². The fourth-order valence-electron chi connectivity index (χ4n) is 1.57. The number of aromatic nitrogens is 1.